The molecule has 0 saturated carbocycles. The number of rotatable bonds is 9. The predicted molar refractivity (Wildman–Crippen MR) is 87.3 cm³/mol. The van der Waals surface area contributed by atoms with Crippen LogP contribution in [0.2, 0.25) is 0 Å². The van der Waals surface area contributed by atoms with Gasteiger partial charge in [0.25, 0.3) is 0 Å². The highest BCUT2D eigenvalue weighted by molar-refractivity contribution is 5.60. The number of halogens is 1. The standard InChI is InChI=1S/C19H23FNO/c1-2-3-4-5-6-7-15-22-17-12-10-16(11-13-17)19-18(20)9-8-14-21-19/h9-14H,2-7,15H2,1H3. The molecular weight excluding hydrogens is 277 g/mol. The molecule has 0 N–H and O–H groups in total. The summed E-state index contributed by atoms with van der Waals surface area (Å²) in [6.07, 6.45) is 8.97. The van der Waals surface area contributed by atoms with Gasteiger partial charge in [0.15, 0.2) is 0 Å². The van der Waals surface area contributed by atoms with E-state index in [0.717, 1.165) is 24.3 Å². The minimum absolute atomic E-state index is 0.348. The molecule has 0 atom stereocenters. The van der Waals surface area contributed by atoms with Crippen molar-refractivity contribution < 1.29 is 9.13 Å². The zero-order valence-electron chi connectivity index (χ0n) is 13.1. The van der Waals surface area contributed by atoms with Gasteiger partial charge < -0.3 is 4.74 Å². The first-order valence-corrected chi connectivity index (χ1v) is 8.06. The van der Waals surface area contributed by atoms with Crippen LogP contribution in [0.3, 0.4) is 0 Å². The van der Waals surface area contributed by atoms with E-state index in [9.17, 15) is 4.39 Å². The Morgan fingerprint density at radius 3 is 2.50 bits per heavy atom. The van der Waals surface area contributed by atoms with Crippen molar-refractivity contribution >= 4 is 0 Å². The lowest BCUT2D eigenvalue weighted by Crippen LogP contribution is -1.97. The monoisotopic (exact) mass is 300 g/mol. The van der Waals surface area contributed by atoms with E-state index >= 15 is 0 Å². The summed E-state index contributed by atoms with van der Waals surface area (Å²) in [5, 5.41) is 0. The Morgan fingerprint density at radius 1 is 1.05 bits per heavy atom. The summed E-state index contributed by atoms with van der Waals surface area (Å²) in [4.78, 5) is 4.02. The molecule has 0 amide bonds. The fourth-order valence-electron chi connectivity index (χ4n) is 2.34. The Kier molecular flexibility index (Phi) is 6.88. The van der Waals surface area contributed by atoms with E-state index in [0.29, 0.717) is 5.69 Å². The Balaban J connectivity index is 1.77. The van der Waals surface area contributed by atoms with Crippen LogP contribution in [-0.4, -0.2) is 11.6 Å². The van der Waals surface area contributed by atoms with Crippen molar-refractivity contribution in [2.45, 2.75) is 45.4 Å². The van der Waals surface area contributed by atoms with Gasteiger partial charge in [-0.25, -0.2) is 4.39 Å². The number of pyridine rings is 1. The van der Waals surface area contributed by atoms with Gasteiger partial charge in [-0.2, -0.15) is 0 Å². The molecule has 0 saturated heterocycles. The van der Waals surface area contributed by atoms with Gasteiger partial charge in [0.2, 0.25) is 0 Å². The number of nitrogens with zero attached hydrogens (tertiary/aromatic N) is 1. The highest BCUT2D eigenvalue weighted by atomic mass is 19.1. The summed E-state index contributed by atoms with van der Waals surface area (Å²) in [6, 6.07) is 11.3. The topological polar surface area (TPSA) is 22.1 Å². The molecule has 1 aromatic carbocycles. The van der Waals surface area contributed by atoms with Crippen molar-refractivity contribution in [2.75, 3.05) is 6.61 Å². The summed E-state index contributed by atoms with van der Waals surface area (Å²) in [6.45, 7) is 2.96. The molecule has 0 bridgehead atoms. The fraction of sp³-hybridized carbons (Fsp3) is 0.421. The molecule has 117 valence electrons. The zero-order chi connectivity index (χ0) is 15.6. The molecule has 1 heterocycles. The quantitative estimate of drug-likeness (QED) is 0.576. The lowest BCUT2D eigenvalue weighted by atomic mass is 10.1. The van der Waals surface area contributed by atoms with Crippen LogP contribution in [0.1, 0.15) is 45.4 Å². The van der Waals surface area contributed by atoms with Gasteiger partial charge in [0, 0.05) is 17.8 Å². The van der Waals surface area contributed by atoms with E-state index in [2.05, 4.69) is 18.0 Å². The van der Waals surface area contributed by atoms with Crippen LogP contribution in [0, 0.1) is 11.9 Å². The van der Waals surface area contributed by atoms with Crippen LogP contribution >= 0.6 is 0 Å². The number of ether oxygens (including phenoxy) is 1. The largest absolute Gasteiger partial charge is 0.494 e. The van der Waals surface area contributed by atoms with Crippen molar-refractivity contribution in [3.05, 3.63) is 48.4 Å². The molecule has 2 rings (SSSR count). The van der Waals surface area contributed by atoms with Crippen molar-refractivity contribution in [2.24, 2.45) is 0 Å². The predicted octanol–water partition coefficient (Wildman–Crippen LogP) is 5.43. The number of hydrogen-bond donors (Lipinski definition) is 0. The lowest BCUT2D eigenvalue weighted by Gasteiger charge is -2.07. The Labute approximate surface area is 132 Å². The molecule has 0 aliphatic heterocycles. The molecule has 0 aliphatic carbocycles. The zero-order valence-corrected chi connectivity index (χ0v) is 13.1. The van der Waals surface area contributed by atoms with Crippen LogP contribution in [0.4, 0.5) is 4.39 Å². The van der Waals surface area contributed by atoms with Gasteiger partial charge >= 0.3 is 0 Å². The van der Waals surface area contributed by atoms with Crippen LogP contribution in [0.5, 0.6) is 5.75 Å². The third-order valence-corrected chi connectivity index (χ3v) is 3.60. The van der Waals surface area contributed by atoms with E-state index in [1.807, 2.05) is 24.3 Å². The second kappa shape index (κ2) is 9.19. The molecular formula is C19H23FNO. The van der Waals surface area contributed by atoms with Crippen LogP contribution in [0.15, 0.2) is 36.5 Å². The first-order valence-electron chi connectivity index (χ1n) is 8.06. The highest BCUT2D eigenvalue weighted by Gasteiger charge is 2.05. The fourth-order valence-corrected chi connectivity index (χ4v) is 2.34. The van der Waals surface area contributed by atoms with E-state index < -0.39 is 0 Å². The molecule has 0 fully saturated rings. The maximum Gasteiger partial charge on any atom is 0.150 e. The SMILES string of the molecule is CCCCCCCCOc1ccc(-c2nc[c]cc2F)cc1. The lowest BCUT2D eigenvalue weighted by molar-refractivity contribution is 0.304. The summed E-state index contributed by atoms with van der Waals surface area (Å²) in [5.74, 6) is 0.462. The minimum Gasteiger partial charge on any atom is -0.494 e. The van der Waals surface area contributed by atoms with E-state index in [4.69, 9.17) is 4.74 Å². The van der Waals surface area contributed by atoms with Crippen LogP contribution < -0.4 is 4.74 Å². The number of hydrogen-bond acceptors (Lipinski definition) is 2. The Morgan fingerprint density at radius 2 is 1.77 bits per heavy atom. The summed E-state index contributed by atoms with van der Waals surface area (Å²) in [7, 11) is 0. The summed E-state index contributed by atoms with van der Waals surface area (Å²) < 4.78 is 19.3. The third kappa shape index (κ3) is 5.14. The molecule has 2 nitrogen and oxygen atoms in total. The van der Waals surface area contributed by atoms with Crippen LogP contribution in [0.25, 0.3) is 11.3 Å². The molecule has 0 aliphatic rings. The van der Waals surface area contributed by atoms with Gasteiger partial charge in [-0.15, -0.1) is 0 Å². The average molecular weight is 300 g/mol. The molecule has 22 heavy (non-hydrogen) atoms. The molecule has 2 aromatic rings. The van der Waals surface area contributed by atoms with Crippen molar-refractivity contribution in [3.63, 3.8) is 0 Å². The van der Waals surface area contributed by atoms with E-state index in [1.165, 1.54) is 44.4 Å². The normalized spacial score (nSPS) is 10.6. The van der Waals surface area contributed by atoms with Gasteiger partial charge in [0.05, 0.1) is 6.61 Å². The first-order chi connectivity index (χ1) is 10.8. The van der Waals surface area contributed by atoms with Crippen molar-refractivity contribution in [3.8, 4) is 17.0 Å². The number of aromatic nitrogens is 1. The second-order valence-electron chi connectivity index (χ2n) is 5.41. The highest BCUT2D eigenvalue weighted by Crippen LogP contribution is 2.22. The maximum atomic E-state index is 13.6. The van der Waals surface area contributed by atoms with Gasteiger partial charge in [0.1, 0.15) is 17.3 Å². The second-order valence-corrected chi connectivity index (χ2v) is 5.41. The maximum absolute atomic E-state index is 13.6. The van der Waals surface area contributed by atoms with Crippen LogP contribution in [-0.2, 0) is 0 Å². The van der Waals surface area contributed by atoms with E-state index in [1.54, 1.807) is 0 Å². The number of unbranched alkanes of at least 4 members (excludes halogenated alkanes) is 5. The van der Waals surface area contributed by atoms with Gasteiger partial charge in [-0.05, 0) is 36.8 Å². The summed E-state index contributed by atoms with van der Waals surface area (Å²) >= 11 is 0. The molecule has 3 heteroatoms. The molecule has 1 radical (unpaired) electrons. The number of benzene rings is 1. The molecule has 0 unspecified atom stereocenters. The van der Waals surface area contributed by atoms with Crippen molar-refractivity contribution in [1.82, 2.24) is 4.98 Å². The summed E-state index contributed by atoms with van der Waals surface area (Å²) in [5.41, 5.74) is 1.10. The van der Waals surface area contributed by atoms with Gasteiger partial charge in [-0.1, -0.05) is 39.0 Å². The smallest absolute Gasteiger partial charge is 0.150 e. The molecule has 0 spiro atoms. The molecule has 1 aromatic heterocycles. The van der Waals surface area contributed by atoms with E-state index in [-0.39, 0.29) is 5.82 Å². The van der Waals surface area contributed by atoms with Gasteiger partial charge in [-0.3, -0.25) is 4.98 Å². The average Bonchev–Trinajstić information content (AvgIpc) is 2.55. The Hall–Kier alpha value is -1.90. The van der Waals surface area contributed by atoms with Crippen molar-refractivity contribution in [1.29, 1.82) is 0 Å². The minimum atomic E-state index is -0.358. The third-order valence-electron chi connectivity index (χ3n) is 3.60. The first kappa shape index (κ1) is 16.5. The Bertz CT molecular complexity index is 554.